The molecule has 1 aromatic carbocycles. The first-order valence-corrected chi connectivity index (χ1v) is 11.5. The van der Waals surface area contributed by atoms with Crippen LogP contribution in [-0.4, -0.2) is 57.7 Å². The van der Waals surface area contributed by atoms with Crippen molar-refractivity contribution in [2.45, 2.75) is 64.0 Å². The van der Waals surface area contributed by atoms with E-state index in [1.165, 1.54) is 12.8 Å². The van der Waals surface area contributed by atoms with Crippen LogP contribution in [0.2, 0.25) is 0 Å². The van der Waals surface area contributed by atoms with Gasteiger partial charge in [0.05, 0.1) is 18.6 Å². The van der Waals surface area contributed by atoms with Crippen LogP contribution in [0, 0.1) is 5.41 Å². The van der Waals surface area contributed by atoms with Gasteiger partial charge in [-0.3, -0.25) is 9.79 Å². The van der Waals surface area contributed by atoms with Crippen molar-refractivity contribution < 1.29 is 14.3 Å². The second-order valence-corrected chi connectivity index (χ2v) is 8.98. The zero-order chi connectivity index (χ0) is 22.3. The average molecular weight is 431 g/mol. The van der Waals surface area contributed by atoms with Crippen molar-refractivity contribution in [3.05, 3.63) is 23.8 Å². The van der Waals surface area contributed by atoms with E-state index in [1.807, 2.05) is 32.3 Å². The summed E-state index contributed by atoms with van der Waals surface area (Å²) >= 11 is 0. The van der Waals surface area contributed by atoms with Gasteiger partial charge in [-0.1, -0.05) is 18.9 Å². The maximum absolute atomic E-state index is 12.8. The smallest absolute Gasteiger partial charge is 0.230 e. The largest absolute Gasteiger partial charge is 0.493 e. The van der Waals surface area contributed by atoms with Gasteiger partial charge in [0.2, 0.25) is 5.91 Å². The first-order chi connectivity index (χ1) is 15.0. The predicted octanol–water partition coefficient (Wildman–Crippen LogP) is 3.33. The summed E-state index contributed by atoms with van der Waals surface area (Å²) in [6.07, 6.45) is 9.00. The molecule has 2 fully saturated rings. The number of hydrogen-bond acceptors (Lipinski definition) is 4. The van der Waals surface area contributed by atoms with Crippen molar-refractivity contribution in [3.63, 3.8) is 0 Å². The zero-order valence-corrected chi connectivity index (χ0v) is 19.5. The number of aliphatic imine (C=N–C) groups is 1. The summed E-state index contributed by atoms with van der Waals surface area (Å²) in [6.45, 7) is 1.21. The molecule has 2 aliphatic carbocycles. The third-order valence-electron chi connectivity index (χ3n) is 6.52. The second kappa shape index (κ2) is 10.7. The minimum absolute atomic E-state index is 0.205. The van der Waals surface area contributed by atoms with Crippen LogP contribution in [0.1, 0.15) is 56.9 Å². The van der Waals surface area contributed by atoms with Crippen LogP contribution in [0.3, 0.4) is 0 Å². The molecule has 0 aliphatic heterocycles. The number of amides is 1. The average Bonchev–Trinajstić information content (AvgIpc) is 3.46. The maximum atomic E-state index is 12.8. The van der Waals surface area contributed by atoms with Crippen LogP contribution < -0.4 is 20.1 Å². The van der Waals surface area contributed by atoms with E-state index >= 15 is 0 Å². The molecule has 172 valence electrons. The number of carbonyl (C=O) groups excluding carboxylic acids is 1. The van der Waals surface area contributed by atoms with Crippen molar-refractivity contribution in [1.29, 1.82) is 0 Å². The maximum Gasteiger partial charge on any atom is 0.230 e. The molecule has 2 saturated carbocycles. The third kappa shape index (κ3) is 5.83. The van der Waals surface area contributed by atoms with Gasteiger partial charge >= 0.3 is 0 Å². The van der Waals surface area contributed by atoms with Crippen LogP contribution in [0.15, 0.2) is 23.2 Å². The highest BCUT2D eigenvalue weighted by Crippen LogP contribution is 2.39. The molecule has 0 bridgehead atoms. The summed E-state index contributed by atoms with van der Waals surface area (Å²) in [4.78, 5) is 18.9. The Labute approximate surface area is 186 Å². The molecular weight excluding hydrogens is 392 g/mol. The number of rotatable bonds is 8. The van der Waals surface area contributed by atoms with E-state index in [0.717, 1.165) is 55.6 Å². The van der Waals surface area contributed by atoms with E-state index in [2.05, 4.69) is 15.6 Å². The Balaban J connectivity index is 1.59. The minimum Gasteiger partial charge on any atom is -0.493 e. The Morgan fingerprint density at radius 1 is 1.13 bits per heavy atom. The molecule has 31 heavy (non-hydrogen) atoms. The topological polar surface area (TPSA) is 75.2 Å². The number of ether oxygens (including phenoxy) is 2. The Bertz CT molecular complexity index is 766. The normalized spacial score (nSPS) is 18.6. The van der Waals surface area contributed by atoms with Gasteiger partial charge in [-0.05, 0) is 56.2 Å². The summed E-state index contributed by atoms with van der Waals surface area (Å²) in [5, 5.41) is 6.76. The number of carbonyl (C=O) groups is 1. The fourth-order valence-electron chi connectivity index (χ4n) is 4.76. The number of nitrogens with zero attached hydrogens (tertiary/aromatic N) is 2. The van der Waals surface area contributed by atoms with Gasteiger partial charge in [-0.2, -0.15) is 0 Å². The molecule has 0 aromatic heterocycles. The quantitative estimate of drug-likeness (QED) is 0.489. The molecule has 0 spiro atoms. The molecule has 3 rings (SSSR count). The van der Waals surface area contributed by atoms with Crippen LogP contribution in [0.4, 0.5) is 0 Å². The van der Waals surface area contributed by atoms with Crippen LogP contribution in [0.25, 0.3) is 0 Å². The lowest BCUT2D eigenvalue weighted by molar-refractivity contribution is -0.138. The molecule has 2 N–H and O–H groups in total. The lowest BCUT2D eigenvalue weighted by atomic mass is 9.84. The summed E-state index contributed by atoms with van der Waals surface area (Å²) in [6, 6.07) is 6.04. The Morgan fingerprint density at radius 2 is 1.84 bits per heavy atom. The number of methoxy groups -OCH3 is 1. The van der Waals surface area contributed by atoms with Crippen molar-refractivity contribution in [2.75, 3.05) is 34.8 Å². The van der Waals surface area contributed by atoms with Crippen LogP contribution in [0.5, 0.6) is 11.5 Å². The first-order valence-electron chi connectivity index (χ1n) is 11.5. The monoisotopic (exact) mass is 430 g/mol. The highest BCUT2D eigenvalue weighted by atomic mass is 16.5. The van der Waals surface area contributed by atoms with Crippen LogP contribution in [-0.2, 0) is 11.3 Å². The molecule has 0 heterocycles. The lowest BCUT2D eigenvalue weighted by Crippen LogP contribution is -2.49. The van der Waals surface area contributed by atoms with Crippen LogP contribution >= 0.6 is 0 Å². The summed E-state index contributed by atoms with van der Waals surface area (Å²) in [7, 11) is 7.11. The SMILES string of the molecule is CN=C(NCc1ccc(OC)c(OC2CCCC2)c1)NCC1(C(=O)N(C)C)CCCC1. The highest BCUT2D eigenvalue weighted by Gasteiger charge is 2.42. The summed E-state index contributed by atoms with van der Waals surface area (Å²) in [5.74, 6) is 2.48. The van der Waals surface area contributed by atoms with Crippen molar-refractivity contribution >= 4 is 11.9 Å². The Kier molecular flexibility index (Phi) is 8.04. The van der Waals surface area contributed by atoms with Gasteiger partial charge in [-0.15, -0.1) is 0 Å². The summed E-state index contributed by atoms with van der Waals surface area (Å²) < 4.78 is 11.7. The Hall–Kier alpha value is -2.44. The molecular formula is C24H38N4O3. The van der Waals surface area contributed by atoms with E-state index in [4.69, 9.17) is 9.47 Å². The van der Waals surface area contributed by atoms with Gasteiger partial charge in [0.25, 0.3) is 0 Å². The standard InChI is InChI=1S/C24H38N4O3/c1-25-23(27-17-24(13-7-8-14-24)22(29)28(2)3)26-16-18-11-12-20(30-4)21(15-18)31-19-9-5-6-10-19/h11-12,15,19H,5-10,13-14,16-17H2,1-4H3,(H2,25,26,27). The third-order valence-corrected chi connectivity index (χ3v) is 6.52. The predicted molar refractivity (Wildman–Crippen MR) is 124 cm³/mol. The minimum atomic E-state index is -0.330. The van der Waals surface area contributed by atoms with Crippen molar-refractivity contribution in [3.8, 4) is 11.5 Å². The molecule has 7 nitrogen and oxygen atoms in total. The fourth-order valence-corrected chi connectivity index (χ4v) is 4.76. The molecule has 0 atom stereocenters. The first kappa shape index (κ1) is 23.2. The van der Waals surface area contributed by atoms with E-state index in [1.54, 1.807) is 19.1 Å². The number of nitrogens with one attached hydrogen (secondary N) is 2. The summed E-state index contributed by atoms with van der Waals surface area (Å²) in [5.41, 5.74) is 0.764. The van der Waals surface area contributed by atoms with Crippen molar-refractivity contribution in [1.82, 2.24) is 15.5 Å². The van der Waals surface area contributed by atoms with Gasteiger partial charge in [0.15, 0.2) is 17.5 Å². The second-order valence-electron chi connectivity index (χ2n) is 8.98. The van der Waals surface area contributed by atoms with Gasteiger partial charge in [0, 0.05) is 34.2 Å². The molecule has 1 aromatic rings. The molecule has 2 aliphatic rings. The zero-order valence-electron chi connectivity index (χ0n) is 19.5. The van der Waals surface area contributed by atoms with E-state index in [0.29, 0.717) is 19.0 Å². The number of hydrogen-bond donors (Lipinski definition) is 2. The lowest BCUT2D eigenvalue weighted by Gasteiger charge is -2.31. The van der Waals surface area contributed by atoms with E-state index in [-0.39, 0.29) is 17.4 Å². The van der Waals surface area contributed by atoms with E-state index in [9.17, 15) is 4.79 Å². The molecule has 7 heteroatoms. The van der Waals surface area contributed by atoms with Gasteiger partial charge in [-0.25, -0.2) is 0 Å². The van der Waals surface area contributed by atoms with E-state index < -0.39 is 0 Å². The molecule has 0 saturated heterocycles. The highest BCUT2D eigenvalue weighted by molar-refractivity contribution is 5.85. The van der Waals surface area contributed by atoms with Gasteiger partial charge < -0.3 is 25.0 Å². The van der Waals surface area contributed by atoms with Crippen molar-refractivity contribution in [2.24, 2.45) is 10.4 Å². The number of benzene rings is 1. The molecule has 0 radical (unpaired) electrons. The fraction of sp³-hybridized carbons (Fsp3) is 0.667. The number of guanidine groups is 1. The molecule has 1 amide bonds. The molecule has 0 unspecified atom stereocenters. The van der Waals surface area contributed by atoms with Gasteiger partial charge in [0.1, 0.15) is 0 Å². The Morgan fingerprint density at radius 3 is 2.45 bits per heavy atom.